The Labute approximate surface area is 532 Å². The Morgan fingerprint density at radius 3 is 2.23 bits per heavy atom. The number of rotatable bonds is 24. The van der Waals surface area contributed by atoms with E-state index in [1.165, 1.54) is 51.2 Å². The van der Waals surface area contributed by atoms with Gasteiger partial charge in [0.25, 0.3) is 0 Å². The summed E-state index contributed by atoms with van der Waals surface area (Å²) < 4.78 is 66.5. The summed E-state index contributed by atoms with van der Waals surface area (Å²) in [6.45, 7) is 13.8. The highest BCUT2D eigenvalue weighted by atomic mass is 127. The first-order valence-electron chi connectivity index (χ1n) is 28.3. The number of carboxylic acids is 1. The van der Waals surface area contributed by atoms with Crippen molar-refractivity contribution in [2.75, 3.05) is 47.3 Å². The first-order chi connectivity index (χ1) is 41.2. The molecule has 0 aromatic heterocycles. The Balaban J connectivity index is 1.12. The Morgan fingerprint density at radius 1 is 0.885 bits per heavy atom. The lowest BCUT2D eigenvalue weighted by atomic mass is 9.72. The molecule has 24 nitrogen and oxygen atoms in total. The summed E-state index contributed by atoms with van der Waals surface area (Å²) in [6, 6.07) is -1.30. The topological polar surface area (TPSA) is 324 Å². The third-order valence-corrected chi connectivity index (χ3v) is 21.3. The fraction of sp³-hybridized carbons (Fsp3) is 0.661. The van der Waals surface area contributed by atoms with Gasteiger partial charge in [-0.05, 0) is 95.3 Å². The van der Waals surface area contributed by atoms with E-state index in [0.717, 1.165) is 22.6 Å². The standard InChI is InChI=1S/C59H79IN2O22S3/c1-13-61-34-26-77-39(24-38(34)73-9)82-51-46(67)44(29(4)79-56(51)81-37-18-16-14-15-17-20-59(72)25-36(65)32(22-27(2)63)42(37)33(59)19-21-85-87-58(7,8)57(70)71)62-84-40-23-35(64)53(31(6)78-40)86-54(69)41-28(3)43(60)49(52(76-12)48(41)74-10)83-55-47(68)50(75-11)45(66)30(5)80-55/h14-15,19,29-31,34-35,37-40,44-47,50-51,53,55-56,61-62,64,66-68,72H,13,21-26H2,1-12H3,(H,70,71)/b15-14-,33-19+/t29-,30+,31-,34+,35+,37+,38+,39+,40+,44-,45+,46+,47-,50-,51-,53-,55+,56+,59+/m1/s1. The van der Waals surface area contributed by atoms with Gasteiger partial charge in [0.2, 0.25) is 17.2 Å². The van der Waals surface area contributed by atoms with Crippen LogP contribution in [0.1, 0.15) is 90.1 Å². The van der Waals surface area contributed by atoms with E-state index in [1.54, 1.807) is 54.7 Å². The fourth-order valence-electron chi connectivity index (χ4n) is 10.9. The molecule has 2 bridgehead atoms. The van der Waals surface area contributed by atoms with Gasteiger partial charge in [0, 0.05) is 56.0 Å². The third-order valence-electron chi connectivity index (χ3n) is 15.6. The third kappa shape index (κ3) is 16.4. The van der Waals surface area contributed by atoms with Gasteiger partial charge in [-0.15, -0.1) is 0 Å². The highest BCUT2D eigenvalue weighted by Crippen LogP contribution is 2.49. The van der Waals surface area contributed by atoms with Gasteiger partial charge < -0.3 is 88.1 Å². The molecule has 0 unspecified atom stereocenters. The van der Waals surface area contributed by atoms with Crippen LogP contribution in [0.3, 0.4) is 0 Å². The molecule has 2 aliphatic carbocycles. The first kappa shape index (κ1) is 71.0. The zero-order valence-electron chi connectivity index (χ0n) is 50.4. The van der Waals surface area contributed by atoms with Crippen LogP contribution < -0.4 is 25.0 Å². The summed E-state index contributed by atoms with van der Waals surface area (Å²) in [5, 5.41) is 70.1. The molecule has 0 radical (unpaired) electrons. The lowest BCUT2D eigenvalue weighted by molar-refractivity contribution is -0.336. The molecule has 8 N–H and O–H groups in total. The van der Waals surface area contributed by atoms with Crippen molar-refractivity contribution in [3.63, 3.8) is 0 Å². The number of methoxy groups -OCH3 is 4. The Morgan fingerprint density at radius 2 is 1.59 bits per heavy atom. The lowest BCUT2D eigenvalue weighted by Gasteiger charge is -2.46. The second kappa shape index (κ2) is 31.3. The van der Waals surface area contributed by atoms with Gasteiger partial charge in [-0.1, -0.05) is 70.0 Å². The van der Waals surface area contributed by atoms with Crippen LogP contribution in [-0.4, -0.2) is 221 Å². The van der Waals surface area contributed by atoms with Crippen LogP contribution in [0.5, 0.6) is 17.2 Å². The van der Waals surface area contributed by atoms with Gasteiger partial charge in [0.15, 0.2) is 41.8 Å². The predicted molar refractivity (Wildman–Crippen MR) is 328 cm³/mol. The van der Waals surface area contributed by atoms with E-state index in [-0.39, 0.29) is 89.1 Å². The molecule has 4 aliphatic heterocycles. The van der Waals surface area contributed by atoms with Crippen molar-refractivity contribution in [1.29, 1.82) is 0 Å². The number of hydrogen-bond acceptors (Lipinski definition) is 26. The molecular formula is C59H79IN2O22S3. The average Bonchev–Trinajstić information content (AvgIpc) is 1.06. The molecule has 0 saturated carbocycles. The Hall–Kier alpha value is -3.42. The molecule has 4 saturated heterocycles. The van der Waals surface area contributed by atoms with Crippen LogP contribution in [0.25, 0.3) is 0 Å². The van der Waals surface area contributed by atoms with Crippen LogP contribution in [0.4, 0.5) is 0 Å². The predicted octanol–water partition coefficient (Wildman–Crippen LogP) is 3.45. The maximum absolute atomic E-state index is 14.5. The number of nitrogens with one attached hydrogen (secondary N) is 2. The number of hydroxylamine groups is 1. The van der Waals surface area contributed by atoms with E-state index < -0.39 is 131 Å². The highest BCUT2D eigenvalue weighted by Gasteiger charge is 2.52. The van der Waals surface area contributed by atoms with E-state index in [1.807, 2.05) is 29.5 Å². The minimum Gasteiger partial charge on any atom is -0.492 e. The number of carboxylic acid groups (broad SMARTS) is 1. The van der Waals surface area contributed by atoms with Crippen molar-refractivity contribution in [2.45, 2.75) is 201 Å². The van der Waals surface area contributed by atoms with Crippen molar-refractivity contribution in [2.24, 2.45) is 0 Å². The lowest BCUT2D eigenvalue weighted by Crippen LogP contribution is -2.65. The molecule has 87 heavy (non-hydrogen) atoms. The van der Waals surface area contributed by atoms with Gasteiger partial charge >= 0.3 is 5.97 Å². The first-order valence-corrected chi connectivity index (χ1v) is 32.6. The number of ketones is 2. The monoisotopic (exact) mass is 1390 g/mol. The molecule has 6 aliphatic rings. The highest BCUT2D eigenvalue weighted by molar-refractivity contribution is 14.1. The van der Waals surface area contributed by atoms with Gasteiger partial charge in [0.1, 0.15) is 47.2 Å². The number of aliphatic hydroxyl groups excluding tert-OH is 4. The van der Waals surface area contributed by atoms with E-state index in [2.05, 4.69) is 34.5 Å². The van der Waals surface area contributed by atoms with Crippen molar-refractivity contribution in [3.8, 4) is 40.9 Å². The number of aliphatic hydroxyl groups is 5. The van der Waals surface area contributed by atoms with E-state index >= 15 is 0 Å². The van der Waals surface area contributed by atoms with E-state index in [9.17, 15) is 49.8 Å². The smallest absolute Gasteiger partial charge is 0.320 e. The summed E-state index contributed by atoms with van der Waals surface area (Å²) in [7, 11) is 7.90. The Kier molecular flexibility index (Phi) is 25.5. The molecule has 28 heteroatoms. The summed E-state index contributed by atoms with van der Waals surface area (Å²) in [4.78, 5) is 59.7. The number of fused-ring (bicyclic) bond motifs is 2. The number of ether oxygens (including phenoxy) is 11. The zero-order chi connectivity index (χ0) is 63.8. The van der Waals surface area contributed by atoms with Gasteiger partial charge in [-0.25, -0.2) is 0 Å². The number of aliphatic carboxylic acids is 1. The molecule has 7 rings (SSSR count). The van der Waals surface area contributed by atoms with E-state index in [4.69, 9.17) is 56.9 Å². The summed E-state index contributed by atoms with van der Waals surface area (Å²) in [6.07, 6.45) is -13.5. The van der Waals surface area contributed by atoms with Gasteiger partial charge in [-0.2, -0.15) is 5.48 Å². The molecule has 0 spiro atoms. The molecule has 1 aromatic carbocycles. The van der Waals surface area contributed by atoms with Crippen molar-refractivity contribution in [1.82, 2.24) is 10.8 Å². The summed E-state index contributed by atoms with van der Waals surface area (Å²) >= 11 is 2.81. The average molecular weight is 1390 g/mol. The molecule has 1 aromatic rings. The quantitative estimate of drug-likeness (QED) is 0.0242. The molecule has 4 heterocycles. The van der Waals surface area contributed by atoms with Gasteiger partial charge in [0.05, 0.1) is 84.2 Å². The van der Waals surface area contributed by atoms with Crippen molar-refractivity contribution < 1.29 is 107 Å². The van der Waals surface area contributed by atoms with Crippen molar-refractivity contribution in [3.05, 3.63) is 49.6 Å². The van der Waals surface area contributed by atoms with Gasteiger partial charge in [-0.3, -0.25) is 24.0 Å². The number of hydrogen-bond donors (Lipinski definition) is 8. The molecule has 482 valence electrons. The van der Waals surface area contributed by atoms with Crippen LogP contribution in [0.15, 0.2) is 34.9 Å². The number of carbonyl (C=O) groups is 4. The van der Waals surface area contributed by atoms with Crippen molar-refractivity contribution >= 4 is 78.6 Å². The van der Waals surface area contributed by atoms with Crippen LogP contribution in [0.2, 0.25) is 0 Å². The fourth-order valence-corrected chi connectivity index (χ4v) is 14.8. The minimum absolute atomic E-state index is 0.0147. The maximum atomic E-state index is 14.5. The SMILES string of the molecule is CCN[C@H]1CO[C@@H](O[C@H]2[C@H](O[C@H]3C#C/C=C\C#C[C@]4(O)CC(=O)C(CC(C)=O)=C3/C4=C\CSSC(C)(C)C(=O)O)O[C@H](C)[C@@H](NO[C@H]3C[C@H](O)[C@H](SC(=O)c4c(C)c(I)c(O[C@@H]5O[C@@H](C)[C@H](O)[C@@H](OC)[C@H]5O)c(OC)c4OC)[C@@H](C)O3)[C@@H]2O)C[C@@H]1OC. The largest absolute Gasteiger partial charge is 0.492 e. The van der Waals surface area contributed by atoms with Crippen LogP contribution in [0, 0.1) is 34.2 Å². The number of likely N-dealkylation sites (N-methyl/N-ethyl adjacent to an activating group) is 1. The number of thioether (sulfide) groups is 1. The summed E-state index contributed by atoms with van der Waals surface area (Å²) in [5.74, 6) is 9.77. The second-order valence-electron chi connectivity index (χ2n) is 22.1. The molecule has 19 atom stereocenters. The molecule has 0 amide bonds. The normalized spacial score (nSPS) is 35.3. The van der Waals surface area contributed by atoms with Crippen LogP contribution in [-0.2, 0) is 57.1 Å². The van der Waals surface area contributed by atoms with Crippen LogP contribution >= 0.6 is 55.9 Å². The number of carbonyl (C=O) groups excluding carboxylic acids is 3. The zero-order valence-corrected chi connectivity index (χ0v) is 55.0. The molecule has 4 fully saturated rings. The number of benzene rings is 1. The summed E-state index contributed by atoms with van der Waals surface area (Å²) in [5.41, 5.74) is 1.52. The molecular weight excluding hydrogens is 1310 g/mol. The number of allylic oxidation sites excluding steroid dienone is 3. The van der Waals surface area contributed by atoms with E-state index in [0.29, 0.717) is 15.7 Å². The Bertz CT molecular complexity index is 2880. The number of halogens is 1. The maximum Gasteiger partial charge on any atom is 0.320 e. The number of Topliss-reactive ketones (excluding diaryl/α,β-unsaturated/α-hetero) is 2. The minimum atomic E-state index is -2.11. The second-order valence-corrected chi connectivity index (χ2v) is 27.3.